The fourth-order valence-electron chi connectivity index (χ4n) is 2.17. The fraction of sp³-hybridized carbons (Fsp3) is 0.583. The number of nitrogens with one attached hydrogen (secondary N) is 1. The van der Waals surface area contributed by atoms with Crippen molar-refractivity contribution in [1.82, 2.24) is 10.3 Å². The summed E-state index contributed by atoms with van der Waals surface area (Å²) in [7, 11) is 0. The molecule has 0 aliphatic carbocycles. The molecule has 1 fully saturated rings. The first-order chi connectivity index (χ1) is 6.81. The molecule has 0 aromatic carbocycles. The van der Waals surface area contributed by atoms with Crippen molar-refractivity contribution in [3.8, 4) is 0 Å². The van der Waals surface area contributed by atoms with E-state index in [1.165, 1.54) is 31.2 Å². The number of rotatable bonds is 1. The van der Waals surface area contributed by atoms with Gasteiger partial charge in [-0.15, -0.1) is 0 Å². The zero-order chi connectivity index (χ0) is 9.86. The average molecular weight is 190 g/mol. The van der Waals surface area contributed by atoms with E-state index in [4.69, 9.17) is 0 Å². The van der Waals surface area contributed by atoms with Crippen LogP contribution < -0.4 is 5.32 Å². The molecule has 1 aromatic rings. The van der Waals surface area contributed by atoms with Crippen LogP contribution in [0.3, 0.4) is 0 Å². The monoisotopic (exact) mass is 190 g/mol. The molecular weight excluding hydrogens is 172 g/mol. The number of aromatic nitrogens is 1. The third-order valence-electron chi connectivity index (χ3n) is 3.17. The second-order valence-electron chi connectivity index (χ2n) is 4.31. The Hall–Kier alpha value is -0.890. The van der Waals surface area contributed by atoms with E-state index in [1.54, 1.807) is 0 Å². The highest BCUT2D eigenvalue weighted by Gasteiger charge is 2.26. The minimum atomic E-state index is 0.144. The Morgan fingerprint density at radius 2 is 2.29 bits per heavy atom. The largest absolute Gasteiger partial charge is 0.308 e. The van der Waals surface area contributed by atoms with Crippen LogP contribution >= 0.6 is 0 Å². The van der Waals surface area contributed by atoms with Crippen LogP contribution in [0.15, 0.2) is 24.5 Å². The molecule has 0 radical (unpaired) electrons. The standard InChI is InChI=1S/C12H18N2/c1-12(7-3-2-4-9-14-12)11-6-5-8-13-10-11/h5-6,8,10,14H,2-4,7,9H2,1H3. The molecule has 1 aliphatic rings. The van der Waals surface area contributed by atoms with Crippen LogP contribution in [0.5, 0.6) is 0 Å². The summed E-state index contributed by atoms with van der Waals surface area (Å²) < 4.78 is 0. The second kappa shape index (κ2) is 4.09. The molecule has 2 nitrogen and oxygen atoms in total. The van der Waals surface area contributed by atoms with Gasteiger partial charge in [-0.05, 0) is 37.9 Å². The zero-order valence-corrected chi connectivity index (χ0v) is 8.79. The molecule has 76 valence electrons. The van der Waals surface area contributed by atoms with Crippen LogP contribution in [-0.4, -0.2) is 11.5 Å². The molecule has 1 N–H and O–H groups in total. The maximum atomic E-state index is 4.20. The molecule has 1 aromatic heterocycles. The van der Waals surface area contributed by atoms with E-state index < -0.39 is 0 Å². The van der Waals surface area contributed by atoms with Gasteiger partial charge in [-0.1, -0.05) is 18.9 Å². The minimum absolute atomic E-state index is 0.144. The third kappa shape index (κ3) is 1.95. The predicted molar refractivity (Wildman–Crippen MR) is 58.1 cm³/mol. The van der Waals surface area contributed by atoms with Crippen LogP contribution in [-0.2, 0) is 5.54 Å². The van der Waals surface area contributed by atoms with Gasteiger partial charge in [-0.3, -0.25) is 4.98 Å². The number of nitrogens with zero attached hydrogens (tertiary/aromatic N) is 1. The summed E-state index contributed by atoms with van der Waals surface area (Å²) in [6, 6.07) is 4.19. The van der Waals surface area contributed by atoms with Crippen molar-refractivity contribution in [3.05, 3.63) is 30.1 Å². The predicted octanol–water partition coefficient (Wildman–Crippen LogP) is 2.46. The van der Waals surface area contributed by atoms with Crippen LogP contribution in [0, 0.1) is 0 Å². The van der Waals surface area contributed by atoms with E-state index in [2.05, 4.69) is 23.3 Å². The van der Waals surface area contributed by atoms with Gasteiger partial charge in [0.25, 0.3) is 0 Å². The van der Waals surface area contributed by atoms with E-state index in [1.807, 2.05) is 18.5 Å². The lowest BCUT2D eigenvalue weighted by molar-refractivity contribution is 0.358. The summed E-state index contributed by atoms with van der Waals surface area (Å²) in [5.41, 5.74) is 1.46. The highest BCUT2D eigenvalue weighted by atomic mass is 15.0. The molecule has 2 heteroatoms. The third-order valence-corrected chi connectivity index (χ3v) is 3.17. The Bertz CT molecular complexity index is 274. The van der Waals surface area contributed by atoms with Crippen molar-refractivity contribution in [2.24, 2.45) is 0 Å². The van der Waals surface area contributed by atoms with Crippen molar-refractivity contribution in [1.29, 1.82) is 0 Å². The molecule has 0 saturated carbocycles. The summed E-state index contributed by atoms with van der Waals surface area (Å²) in [5, 5.41) is 3.63. The van der Waals surface area contributed by atoms with Crippen LogP contribution in [0.25, 0.3) is 0 Å². The summed E-state index contributed by atoms with van der Waals surface area (Å²) in [6.45, 7) is 3.42. The quantitative estimate of drug-likeness (QED) is 0.735. The lowest BCUT2D eigenvalue weighted by Crippen LogP contribution is -2.38. The van der Waals surface area contributed by atoms with E-state index in [-0.39, 0.29) is 5.54 Å². The summed E-state index contributed by atoms with van der Waals surface area (Å²) in [4.78, 5) is 4.20. The molecule has 14 heavy (non-hydrogen) atoms. The summed E-state index contributed by atoms with van der Waals surface area (Å²) in [6.07, 6.45) is 9.01. The molecule has 1 atom stereocenters. The van der Waals surface area contributed by atoms with Gasteiger partial charge in [0, 0.05) is 17.9 Å². The molecule has 2 heterocycles. The highest BCUT2D eigenvalue weighted by molar-refractivity contribution is 5.19. The van der Waals surface area contributed by atoms with E-state index in [0.717, 1.165) is 6.54 Å². The SMILES string of the molecule is CC1(c2cccnc2)CCCCCN1. The summed E-state index contributed by atoms with van der Waals surface area (Å²) >= 11 is 0. The Morgan fingerprint density at radius 3 is 3.07 bits per heavy atom. The van der Waals surface area contributed by atoms with Crippen molar-refractivity contribution in [2.45, 2.75) is 38.1 Å². The van der Waals surface area contributed by atoms with Crippen LogP contribution in [0.1, 0.15) is 38.2 Å². The minimum Gasteiger partial charge on any atom is -0.308 e. The van der Waals surface area contributed by atoms with Gasteiger partial charge >= 0.3 is 0 Å². The van der Waals surface area contributed by atoms with E-state index in [9.17, 15) is 0 Å². The second-order valence-corrected chi connectivity index (χ2v) is 4.31. The molecule has 1 saturated heterocycles. The molecule has 1 unspecified atom stereocenters. The smallest absolute Gasteiger partial charge is 0.0421 e. The van der Waals surface area contributed by atoms with Crippen molar-refractivity contribution in [3.63, 3.8) is 0 Å². The first kappa shape index (κ1) is 9.66. The van der Waals surface area contributed by atoms with Crippen molar-refractivity contribution < 1.29 is 0 Å². The Labute approximate surface area is 85.7 Å². The van der Waals surface area contributed by atoms with E-state index in [0.29, 0.717) is 0 Å². The van der Waals surface area contributed by atoms with Gasteiger partial charge < -0.3 is 5.32 Å². The van der Waals surface area contributed by atoms with Crippen LogP contribution in [0.2, 0.25) is 0 Å². The van der Waals surface area contributed by atoms with Gasteiger partial charge in [0.15, 0.2) is 0 Å². The summed E-state index contributed by atoms with van der Waals surface area (Å²) in [5.74, 6) is 0. The van der Waals surface area contributed by atoms with Gasteiger partial charge in [-0.2, -0.15) is 0 Å². The topological polar surface area (TPSA) is 24.9 Å². The highest BCUT2D eigenvalue weighted by Crippen LogP contribution is 2.28. The number of hydrogen-bond donors (Lipinski definition) is 1. The van der Waals surface area contributed by atoms with Gasteiger partial charge in [-0.25, -0.2) is 0 Å². The van der Waals surface area contributed by atoms with E-state index >= 15 is 0 Å². The first-order valence-electron chi connectivity index (χ1n) is 5.47. The lowest BCUT2D eigenvalue weighted by atomic mass is 9.89. The molecule has 2 rings (SSSR count). The molecule has 0 spiro atoms. The Balaban J connectivity index is 2.21. The normalized spacial score (nSPS) is 28.4. The molecule has 1 aliphatic heterocycles. The van der Waals surface area contributed by atoms with Crippen LogP contribution in [0.4, 0.5) is 0 Å². The molecule has 0 bridgehead atoms. The average Bonchev–Trinajstić information content (AvgIpc) is 2.46. The number of hydrogen-bond acceptors (Lipinski definition) is 2. The maximum absolute atomic E-state index is 4.20. The Morgan fingerprint density at radius 1 is 1.36 bits per heavy atom. The lowest BCUT2D eigenvalue weighted by Gasteiger charge is -2.29. The molecule has 0 amide bonds. The number of pyridine rings is 1. The zero-order valence-electron chi connectivity index (χ0n) is 8.79. The van der Waals surface area contributed by atoms with Gasteiger partial charge in [0.05, 0.1) is 0 Å². The fourth-order valence-corrected chi connectivity index (χ4v) is 2.17. The maximum Gasteiger partial charge on any atom is 0.0421 e. The van der Waals surface area contributed by atoms with Crippen molar-refractivity contribution >= 4 is 0 Å². The van der Waals surface area contributed by atoms with Gasteiger partial charge in [0.1, 0.15) is 0 Å². The van der Waals surface area contributed by atoms with Gasteiger partial charge in [0.2, 0.25) is 0 Å². The Kier molecular flexibility index (Phi) is 2.82. The van der Waals surface area contributed by atoms with Crippen molar-refractivity contribution in [2.75, 3.05) is 6.54 Å². The first-order valence-corrected chi connectivity index (χ1v) is 5.47. The molecular formula is C12H18N2.